The van der Waals surface area contributed by atoms with Crippen molar-refractivity contribution < 1.29 is 23.9 Å². The summed E-state index contributed by atoms with van der Waals surface area (Å²) in [5.41, 5.74) is 4.70. The minimum Gasteiger partial charge on any atom is -0.436 e. The molecule has 0 aliphatic carbocycles. The van der Waals surface area contributed by atoms with Gasteiger partial charge in [-0.1, -0.05) is 20.8 Å². The van der Waals surface area contributed by atoms with Crippen LogP contribution in [0.5, 0.6) is 0 Å². The zero-order chi connectivity index (χ0) is 18.2. The van der Waals surface area contributed by atoms with E-state index < -0.39 is 24.1 Å². The second kappa shape index (κ2) is 9.12. The Labute approximate surface area is 136 Å². The maximum Gasteiger partial charge on any atom is 0.405 e. The van der Waals surface area contributed by atoms with Gasteiger partial charge in [0, 0.05) is 20.5 Å². The van der Waals surface area contributed by atoms with Gasteiger partial charge in [-0.3, -0.25) is 9.59 Å². The second-order valence-corrected chi connectivity index (χ2v) is 6.77. The highest BCUT2D eigenvalue weighted by Gasteiger charge is 2.29. The number of nitrogens with zero attached hydrogens (tertiary/aromatic N) is 1. The molecule has 0 aromatic heterocycles. The maximum atomic E-state index is 12.2. The van der Waals surface area contributed by atoms with Crippen LogP contribution in [0.2, 0.25) is 0 Å². The molecule has 0 aromatic rings. The van der Waals surface area contributed by atoms with Crippen molar-refractivity contribution in [2.24, 2.45) is 11.1 Å². The third-order valence-electron chi connectivity index (χ3n) is 3.01. The van der Waals surface area contributed by atoms with Crippen molar-refractivity contribution in [2.45, 2.75) is 52.2 Å². The molecule has 8 nitrogen and oxygen atoms in total. The molecule has 0 spiro atoms. The third kappa shape index (κ3) is 9.49. The molecule has 0 bridgehead atoms. The molecule has 0 fully saturated rings. The summed E-state index contributed by atoms with van der Waals surface area (Å²) in [4.78, 5) is 47.2. The molecule has 0 aromatic carbocycles. The van der Waals surface area contributed by atoms with E-state index in [0.717, 1.165) is 0 Å². The molecule has 0 heterocycles. The van der Waals surface area contributed by atoms with E-state index in [-0.39, 0.29) is 30.6 Å². The molecule has 1 unspecified atom stereocenters. The number of nitrogens with one attached hydrogen (secondary N) is 1. The Morgan fingerprint density at radius 1 is 1.26 bits per heavy atom. The Hall–Kier alpha value is -2.12. The van der Waals surface area contributed by atoms with Crippen LogP contribution >= 0.6 is 0 Å². The lowest BCUT2D eigenvalue weighted by atomic mass is 9.89. The van der Waals surface area contributed by atoms with Crippen LogP contribution in [0.3, 0.4) is 0 Å². The van der Waals surface area contributed by atoms with Crippen molar-refractivity contribution in [3.63, 3.8) is 0 Å². The molecule has 0 aliphatic rings. The number of nitrogens with two attached hydrogens (primary N) is 1. The Bertz CT molecular complexity index is 443. The van der Waals surface area contributed by atoms with Gasteiger partial charge in [-0.2, -0.15) is 0 Å². The van der Waals surface area contributed by atoms with Crippen molar-refractivity contribution in [3.05, 3.63) is 0 Å². The van der Waals surface area contributed by atoms with Crippen molar-refractivity contribution in [1.82, 2.24) is 10.2 Å². The topological polar surface area (TPSA) is 119 Å². The molecule has 0 rings (SSSR count). The van der Waals surface area contributed by atoms with E-state index in [4.69, 9.17) is 10.5 Å². The van der Waals surface area contributed by atoms with Gasteiger partial charge in [0.15, 0.2) is 6.10 Å². The van der Waals surface area contributed by atoms with E-state index >= 15 is 0 Å². The Balaban J connectivity index is 4.75. The molecule has 0 aliphatic heterocycles. The summed E-state index contributed by atoms with van der Waals surface area (Å²) in [5, 5.41) is 2.48. The number of ether oxygens (including phenoxy) is 1. The molecular formula is C15H27N3O5. The van der Waals surface area contributed by atoms with Crippen LogP contribution in [-0.2, 0) is 19.1 Å². The Kier molecular flexibility index (Phi) is 8.28. The number of carbonyl (C=O) groups excluding carboxylic acids is 4. The largest absolute Gasteiger partial charge is 0.436 e. The normalized spacial score (nSPS) is 13.6. The van der Waals surface area contributed by atoms with Crippen LogP contribution in [0.25, 0.3) is 0 Å². The number of hydrogen-bond acceptors (Lipinski definition) is 5. The number of aldehydes is 1. The van der Waals surface area contributed by atoms with Gasteiger partial charge in [0.05, 0.1) is 6.04 Å². The first kappa shape index (κ1) is 20.9. The summed E-state index contributed by atoms with van der Waals surface area (Å²) >= 11 is 0. The molecule has 8 heteroatoms. The minimum absolute atomic E-state index is 0.122. The first-order valence-corrected chi connectivity index (χ1v) is 7.38. The van der Waals surface area contributed by atoms with E-state index in [1.807, 2.05) is 20.8 Å². The standard InChI is InChI=1S/C15H27N3O5/c1-15(2,3)8-11(23-14(16)22)13(21)17-10(9-19)6-7-12(20)18(4)5/h9-11H,6-8H2,1-5H3,(H2,16,22)(H,17,21)/t10-,11?/m0/s1. The fourth-order valence-corrected chi connectivity index (χ4v) is 1.84. The quantitative estimate of drug-likeness (QED) is 0.626. The van der Waals surface area contributed by atoms with Crippen molar-refractivity contribution in [1.29, 1.82) is 0 Å². The van der Waals surface area contributed by atoms with E-state index in [9.17, 15) is 19.2 Å². The minimum atomic E-state index is -1.08. The molecule has 3 amide bonds. The summed E-state index contributed by atoms with van der Waals surface area (Å²) in [6, 6.07) is -0.828. The van der Waals surface area contributed by atoms with Crippen molar-refractivity contribution in [3.8, 4) is 0 Å². The highest BCUT2D eigenvalue weighted by atomic mass is 16.6. The van der Waals surface area contributed by atoms with E-state index in [0.29, 0.717) is 6.29 Å². The smallest absolute Gasteiger partial charge is 0.405 e. The van der Waals surface area contributed by atoms with E-state index in [1.54, 1.807) is 14.1 Å². The molecule has 0 radical (unpaired) electrons. The fraction of sp³-hybridized carbons (Fsp3) is 0.733. The van der Waals surface area contributed by atoms with Crippen molar-refractivity contribution in [2.75, 3.05) is 14.1 Å². The van der Waals surface area contributed by atoms with Gasteiger partial charge in [0.1, 0.15) is 6.29 Å². The number of amides is 3. The summed E-state index contributed by atoms with van der Waals surface area (Å²) in [5.74, 6) is -0.751. The molecule has 132 valence electrons. The first-order valence-electron chi connectivity index (χ1n) is 7.38. The molecular weight excluding hydrogens is 302 g/mol. The summed E-state index contributed by atoms with van der Waals surface area (Å²) in [7, 11) is 3.22. The summed E-state index contributed by atoms with van der Waals surface area (Å²) in [6.45, 7) is 5.64. The van der Waals surface area contributed by atoms with E-state index in [1.165, 1.54) is 4.90 Å². The molecule has 0 saturated heterocycles. The van der Waals surface area contributed by atoms with Gasteiger partial charge in [-0.25, -0.2) is 4.79 Å². The number of hydrogen-bond donors (Lipinski definition) is 2. The molecule has 0 saturated carbocycles. The predicted octanol–water partition coefficient (Wildman–Crippen LogP) is 0.439. The van der Waals surface area contributed by atoms with Gasteiger partial charge in [-0.05, 0) is 18.3 Å². The zero-order valence-electron chi connectivity index (χ0n) is 14.4. The van der Waals surface area contributed by atoms with Gasteiger partial charge in [0.2, 0.25) is 5.91 Å². The predicted molar refractivity (Wildman–Crippen MR) is 84.5 cm³/mol. The third-order valence-corrected chi connectivity index (χ3v) is 3.01. The Morgan fingerprint density at radius 3 is 2.22 bits per heavy atom. The number of carbonyl (C=O) groups is 4. The molecule has 23 heavy (non-hydrogen) atoms. The number of rotatable bonds is 8. The van der Waals surface area contributed by atoms with Crippen LogP contribution in [0.4, 0.5) is 4.79 Å². The van der Waals surface area contributed by atoms with Crippen LogP contribution in [0, 0.1) is 5.41 Å². The van der Waals surface area contributed by atoms with Crippen LogP contribution < -0.4 is 11.1 Å². The fourth-order valence-electron chi connectivity index (χ4n) is 1.84. The van der Waals surface area contributed by atoms with Crippen LogP contribution in [-0.4, -0.2) is 55.3 Å². The number of primary amides is 1. The zero-order valence-corrected chi connectivity index (χ0v) is 14.4. The Morgan fingerprint density at radius 2 is 1.83 bits per heavy atom. The highest BCUT2D eigenvalue weighted by molar-refractivity contribution is 5.85. The lowest BCUT2D eigenvalue weighted by molar-refractivity contribution is -0.133. The summed E-state index contributed by atoms with van der Waals surface area (Å²) < 4.78 is 4.83. The maximum absolute atomic E-state index is 12.2. The van der Waals surface area contributed by atoms with Crippen LogP contribution in [0.15, 0.2) is 0 Å². The lowest BCUT2D eigenvalue weighted by Gasteiger charge is -2.25. The monoisotopic (exact) mass is 329 g/mol. The molecule has 3 N–H and O–H groups in total. The second-order valence-electron chi connectivity index (χ2n) is 6.77. The van der Waals surface area contributed by atoms with Gasteiger partial charge < -0.3 is 25.5 Å². The first-order chi connectivity index (χ1) is 10.5. The average molecular weight is 329 g/mol. The highest BCUT2D eigenvalue weighted by Crippen LogP contribution is 2.22. The summed E-state index contributed by atoms with van der Waals surface area (Å²) in [6.07, 6.45) is -1.04. The van der Waals surface area contributed by atoms with Gasteiger partial charge >= 0.3 is 6.09 Å². The van der Waals surface area contributed by atoms with Crippen molar-refractivity contribution >= 4 is 24.2 Å². The SMILES string of the molecule is CN(C)C(=O)CC[C@@H](C=O)NC(=O)C(CC(C)(C)C)OC(N)=O. The molecule has 2 atom stereocenters. The van der Waals surface area contributed by atoms with Gasteiger partial charge in [-0.15, -0.1) is 0 Å². The van der Waals surface area contributed by atoms with Gasteiger partial charge in [0.25, 0.3) is 5.91 Å². The lowest BCUT2D eigenvalue weighted by Crippen LogP contribution is -2.46. The van der Waals surface area contributed by atoms with Crippen LogP contribution in [0.1, 0.15) is 40.0 Å². The van der Waals surface area contributed by atoms with E-state index in [2.05, 4.69) is 5.32 Å². The average Bonchev–Trinajstić information content (AvgIpc) is 2.39.